The highest BCUT2D eigenvalue weighted by Gasteiger charge is 2.40. The van der Waals surface area contributed by atoms with Crippen LogP contribution in [-0.4, -0.2) is 56.9 Å². The molecule has 1 aromatic heterocycles. The Morgan fingerprint density at radius 1 is 1.07 bits per heavy atom. The molecule has 0 aliphatic carbocycles. The Balaban J connectivity index is 1.38. The number of halogens is 3. The first-order valence-corrected chi connectivity index (χ1v) is 13.6. The van der Waals surface area contributed by atoms with Gasteiger partial charge >= 0.3 is 0 Å². The molecule has 0 radical (unpaired) electrons. The van der Waals surface area contributed by atoms with Crippen molar-refractivity contribution in [2.75, 3.05) is 11.9 Å². The smallest absolute Gasteiger partial charge is 0.269 e. The van der Waals surface area contributed by atoms with Crippen LogP contribution in [0.15, 0.2) is 60.7 Å². The second-order valence-electron chi connectivity index (χ2n) is 9.91. The Labute approximate surface area is 244 Å². The van der Waals surface area contributed by atoms with Gasteiger partial charge in [-0.1, -0.05) is 48.9 Å². The topological polar surface area (TPSA) is 127 Å². The summed E-state index contributed by atoms with van der Waals surface area (Å²) >= 11 is 6.32. The van der Waals surface area contributed by atoms with Gasteiger partial charge in [0.1, 0.15) is 18.8 Å². The van der Waals surface area contributed by atoms with Crippen LogP contribution >= 0.6 is 11.6 Å². The molecule has 1 fully saturated rings. The van der Waals surface area contributed by atoms with Crippen LogP contribution in [0, 0.1) is 5.82 Å². The maximum atomic E-state index is 15.7. The zero-order valence-corrected chi connectivity index (χ0v) is 23.2. The van der Waals surface area contributed by atoms with E-state index in [-0.39, 0.29) is 59.2 Å². The van der Waals surface area contributed by atoms with Gasteiger partial charge in [-0.05, 0) is 30.3 Å². The number of Topliss-reactive ketones (excluding diaryl/α,β-unsaturated/α-hetero) is 1. The molecule has 3 N–H and O–H groups in total. The Morgan fingerprint density at radius 2 is 1.83 bits per heavy atom. The minimum absolute atomic E-state index is 0.0162. The van der Waals surface area contributed by atoms with Gasteiger partial charge in [-0.25, -0.2) is 8.78 Å². The summed E-state index contributed by atoms with van der Waals surface area (Å²) in [5.41, 5.74) is 6.39. The fourth-order valence-electron chi connectivity index (χ4n) is 5.12. The van der Waals surface area contributed by atoms with Crippen LogP contribution in [0.5, 0.6) is 0 Å². The number of hydrogen-bond donors (Lipinski definition) is 2. The number of aromatic nitrogens is 2. The van der Waals surface area contributed by atoms with E-state index in [4.69, 9.17) is 17.3 Å². The maximum absolute atomic E-state index is 15.7. The zero-order chi connectivity index (χ0) is 30.1. The molecule has 2 heterocycles. The Bertz CT molecular complexity index is 1740. The van der Waals surface area contributed by atoms with Crippen molar-refractivity contribution in [2.45, 2.75) is 38.5 Å². The minimum atomic E-state index is -1.48. The molecule has 9 nitrogen and oxygen atoms in total. The van der Waals surface area contributed by atoms with Crippen LogP contribution in [0.1, 0.15) is 40.6 Å². The number of alkyl halides is 1. The quantitative estimate of drug-likeness (QED) is 0.285. The molecule has 3 aromatic carbocycles. The molecule has 3 amide bonds. The highest BCUT2D eigenvalue weighted by atomic mass is 35.5. The molecule has 1 saturated heterocycles. The molecule has 5 rings (SSSR count). The Hall–Kier alpha value is -4.64. The van der Waals surface area contributed by atoms with Crippen molar-refractivity contribution in [1.29, 1.82) is 0 Å². The van der Waals surface area contributed by atoms with Gasteiger partial charge in [0.2, 0.25) is 11.8 Å². The summed E-state index contributed by atoms with van der Waals surface area (Å²) in [7, 11) is 0. The lowest BCUT2D eigenvalue weighted by molar-refractivity contribution is -0.137. The number of nitrogens with one attached hydrogen (secondary N) is 1. The Kier molecular flexibility index (Phi) is 8.04. The standard InChI is InChI=1S/C30H26ClF2N5O4/c1-2-25(39)16-10-11-21(31)20(12-16)18-7-5-8-22(27(18)33)35-30(42)24-13-17(32)14-37(24)26(40)15-38-23-9-4-3-6-19(23)28(36-38)29(34)41/h3-12,17,24H,2,13-15H2,1H3,(H2,34,41)(H,35,42)/t17-,24+/m1/s1. The van der Waals surface area contributed by atoms with E-state index in [2.05, 4.69) is 10.4 Å². The van der Waals surface area contributed by atoms with Crippen LogP contribution in [0.3, 0.4) is 0 Å². The number of likely N-dealkylation sites (tertiary alicyclic amines) is 1. The van der Waals surface area contributed by atoms with E-state index in [1.807, 2.05) is 0 Å². The van der Waals surface area contributed by atoms with Gasteiger partial charge in [-0.3, -0.25) is 23.9 Å². The summed E-state index contributed by atoms with van der Waals surface area (Å²) in [6.45, 7) is 0.997. The molecule has 42 heavy (non-hydrogen) atoms. The number of hydrogen-bond acceptors (Lipinski definition) is 5. The summed E-state index contributed by atoms with van der Waals surface area (Å²) < 4.78 is 31.5. The Morgan fingerprint density at radius 3 is 2.57 bits per heavy atom. The number of carbonyl (C=O) groups excluding carboxylic acids is 4. The number of ketones is 1. The van der Waals surface area contributed by atoms with E-state index in [0.29, 0.717) is 16.5 Å². The second-order valence-corrected chi connectivity index (χ2v) is 10.3. The van der Waals surface area contributed by atoms with Gasteiger partial charge < -0.3 is 16.0 Å². The van der Waals surface area contributed by atoms with Crippen molar-refractivity contribution in [1.82, 2.24) is 14.7 Å². The number of amides is 3. The lowest BCUT2D eigenvalue weighted by Gasteiger charge is -2.24. The lowest BCUT2D eigenvalue weighted by atomic mass is 9.99. The van der Waals surface area contributed by atoms with Crippen molar-refractivity contribution in [3.05, 3.63) is 82.8 Å². The second kappa shape index (κ2) is 11.7. The first kappa shape index (κ1) is 28.9. The largest absolute Gasteiger partial charge is 0.364 e. The predicted molar refractivity (Wildman–Crippen MR) is 153 cm³/mol. The van der Waals surface area contributed by atoms with Gasteiger partial charge in [0, 0.05) is 39.9 Å². The van der Waals surface area contributed by atoms with Crippen molar-refractivity contribution in [2.24, 2.45) is 5.73 Å². The van der Waals surface area contributed by atoms with Crippen molar-refractivity contribution in [3.63, 3.8) is 0 Å². The molecule has 12 heteroatoms. The monoisotopic (exact) mass is 593 g/mol. The van der Waals surface area contributed by atoms with E-state index >= 15 is 4.39 Å². The summed E-state index contributed by atoms with van der Waals surface area (Å²) in [4.78, 5) is 51.7. The van der Waals surface area contributed by atoms with Gasteiger partial charge in [-0.2, -0.15) is 5.10 Å². The number of primary amides is 1. The van der Waals surface area contributed by atoms with Gasteiger partial charge in [0.25, 0.3) is 5.91 Å². The van der Waals surface area contributed by atoms with Crippen molar-refractivity contribution in [3.8, 4) is 11.1 Å². The molecule has 216 valence electrons. The van der Waals surface area contributed by atoms with Crippen LogP contribution < -0.4 is 11.1 Å². The van der Waals surface area contributed by atoms with Gasteiger partial charge in [0.05, 0.1) is 17.7 Å². The highest BCUT2D eigenvalue weighted by Crippen LogP contribution is 2.34. The van der Waals surface area contributed by atoms with Gasteiger partial charge in [-0.15, -0.1) is 0 Å². The molecule has 1 aliphatic heterocycles. The summed E-state index contributed by atoms with van der Waals surface area (Å²) in [6, 6.07) is 14.3. The van der Waals surface area contributed by atoms with E-state index < -0.39 is 35.8 Å². The molecule has 2 atom stereocenters. The summed E-state index contributed by atoms with van der Waals surface area (Å²) in [5.74, 6) is -3.10. The number of anilines is 1. The SMILES string of the molecule is CCC(=O)c1ccc(Cl)c(-c2cccc(NC(=O)[C@@H]3C[C@@H](F)CN3C(=O)Cn3nc(C(N)=O)c4ccccc43)c2F)c1. The fourth-order valence-corrected chi connectivity index (χ4v) is 5.34. The average molecular weight is 594 g/mol. The number of benzene rings is 3. The molecule has 0 unspecified atom stereocenters. The predicted octanol–water partition coefficient (Wildman–Crippen LogP) is 4.77. The zero-order valence-electron chi connectivity index (χ0n) is 22.4. The first-order valence-electron chi connectivity index (χ1n) is 13.2. The third-order valence-electron chi connectivity index (χ3n) is 7.21. The maximum Gasteiger partial charge on any atom is 0.269 e. The van der Waals surface area contributed by atoms with Crippen LogP contribution in [-0.2, 0) is 16.1 Å². The molecule has 1 aliphatic rings. The summed E-state index contributed by atoms with van der Waals surface area (Å²) in [5, 5.41) is 7.30. The molecule has 4 aromatic rings. The van der Waals surface area contributed by atoms with Gasteiger partial charge in [0.15, 0.2) is 17.3 Å². The number of fused-ring (bicyclic) bond motifs is 1. The molecular weight excluding hydrogens is 568 g/mol. The van der Waals surface area contributed by atoms with E-state index in [1.54, 1.807) is 37.3 Å². The van der Waals surface area contributed by atoms with Crippen molar-refractivity contribution >= 4 is 51.7 Å². The number of para-hydroxylation sites is 1. The fraction of sp³-hybridized carbons (Fsp3) is 0.233. The number of nitrogens with zero attached hydrogens (tertiary/aromatic N) is 3. The molecule has 0 saturated carbocycles. The molecule has 0 spiro atoms. The third kappa shape index (κ3) is 5.47. The number of nitrogens with two attached hydrogens (primary N) is 1. The minimum Gasteiger partial charge on any atom is -0.364 e. The first-order chi connectivity index (χ1) is 20.1. The normalized spacial score (nSPS) is 16.5. The summed E-state index contributed by atoms with van der Waals surface area (Å²) in [6.07, 6.45) is -1.50. The van der Waals surface area contributed by atoms with E-state index in [9.17, 15) is 23.6 Å². The lowest BCUT2D eigenvalue weighted by Crippen LogP contribution is -2.44. The number of rotatable bonds is 8. The van der Waals surface area contributed by atoms with Crippen LogP contribution in [0.25, 0.3) is 22.0 Å². The van der Waals surface area contributed by atoms with E-state index in [0.717, 1.165) is 4.90 Å². The van der Waals surface area contributed by atoms with Crippen LogP contribution in [0.2, 0.25) is 5.02 Å². The molecule has 0 bridgehead atoms. The van der Waals surface area contributed by atoms with Crippen molar-refractivity contribution < 1.29 is 28.0 Å². The molecular formula is C30H26ClF2N5O4. The van der Waals surface area contributed by atoms with Crippen LogP contribution in [0.4, 0.5) is 14.5 Å². The highest BCUT2D eigenvalue weighted by molar-refractivity contribution is 6.33. The average Bonchev–Trinajstić information content (AvgIpc) is 3.55. The van der Waals surface area contributed by atoms with E-state index in [1.165, 1.54) is 35.0 Å². The third-order valence-corrected chi connectivity index (χ3v) is 7.54. The number of carbonyl (C=O) groups is 4.